The van der Waals surface area contributed by atoms with Gasteiger partial charge in [-0.1, -0.05) is 23.4 Å². The third kappa shape index (κ3) is 3.28. The van der Waals surface area contributed by atoms with Gasteiger partial charge in [-0.15, -0.1) is 0 Å². The van der Waals surface area contributed by atoms with E-state index in [4.69, 9.17) is 16.7 Å². The van der Waals surface area contributed by atoms with Crippen molar-refractivity contribution in [1.29, 1.82) is 0 Å². The van der Waals surface area contributed by atoms with E-state index in [0.29, 0.717) is 27.8 Å². The van der Waals surface area contributed by atoms with E-state index in [0.717, 1.165) is 0 Å². The third-order valence-corrected chi connectivity index (χ3v) is 5.34. The first-order chi connectivity index (χ1) is 15.0. The molecule has 1 fully saturated rings. The summed E-state index contributed by atoms with van der Waals surface area (Å²) in [6.07, 6.45) is 5.16. The molecule has 8 nitrogen and oxygen atoms in total. The van der Waals surface area contributed by atoms with Gasteiger partial charge >= 0.3 is 0 Å². The van der Waals surface area contributed by atoms with Crippen LogP contribution < -0.4 is 5.32 Å². The Kier molecular flexibility index (Phi) is 4.57. The van der Waals surface area contributed by atoms with Crippen molar-refractivity contribution in [1.82, 2.24) is 24.6 Å². The highest BCUT2D eigenvalue weighted by molar-refractivity contribution is 6.35. The van der Waals surface area contributed by atoms with Crippen LogP contribution in [0.15, 0.2) is 24.8 Å². The van der Waals surface area contributed by atoms with Gasteiger partial charge in [0.15, 0.2) is 17.3 Å². The summed E-state index contributed by atoms with van der Waals surface area (Å²) in [6.45, 7) is -0.432. The maximum atomic E-state index is 15.0. The predicted octanol–water partition coefficient (Wildman–Crippen LogP) is 2.71. The molecule has 3 heterocycles. The minimum atomic E-state index is -1.11. The van der Waals surface area contributed by atoms with E-state index in [2.05, 4.69) is 37.3 Å². The lowest BCUT2D eigenvalue weighted by atomic mass is 10.0. The molecule has 0 radical (unpaired) electrons. The number of rotatable bonds is 3. The molecule has 4 aromatic rings. The SMILES string of the molecule is O=C(Nc1cn2cc(-c3c(Cl)c(F)c(C#CCO)c4[nH]ncc34)ncc2n1)C1CC1F. The van der Waals surface area contributed by atoms with Gasteiger partial charge in [-0.05, 0) is 6.42 Å². The van der Waals surface area contributed by atoms with Crippen molar-refractivity contribution >= 4 is 39.9 Å². The van der Waals surface area contributed by atoms with Crippen molar-refractivity contribution in [2.45, 2.75) is 12.6 Å². The van der Waals surface area contributed by atoms with Crippen molar-refractivity contribution in [3.63, 3.8) is 0 Å². The van der Waals surface area contributed by atoms with E-state index in [1.807, 2.05) is 0 Å². The average Bonchev–Trinajstić information content (AvgIpc) is 3.12. The summed E-state index contributed by atoms with van der Waals surface area (Å²) in [5.74, 6) is 3.38. The maximum Gasteiger partial charge on any atom is 0.231 e. The van der Waals surface area contributed by atoms with Crippen LogP contribution in [0.5, 0.6) is 0 Å². The fourth-order valence-electron chi connectivity index (χ4n) is 3.35. The molecule has 3 aromatic heterocycles. The van der Waals surface area contributed by atoms with Gasteiger partial charge in [0.05, 0.1) is 46.3 Å². The van der Waals surface area contributed by atoms with Gasteiger partial charge in [0.25, 0.3) is 0 Å². The number of amides is 1. The zero-order valence-electron chi connectivity index (χ0n) is 15.7. The van der Waals surface area contributed by atoms with E-state index in [9.17, 15) is 13.6 Å². The number of fused-ring (bicyclic) bond motifs is 2. The Labute approximate surface area is 178 Å². The number of H-pyrrole nitrogens is 1. The van der Waals surface area contributed by atoms with E-state index >= 15 is 0 Å². The van der Waals surface area contributed by atoms with Gasteiger partial charge in [0, 0.05) is 17.1 Å². The molecule has 3 N–H and O–H groups in total. The molecule has 1 aromatic carbocycles. The standard InChI is InChI=1S/C20H13ClF2N6O2/c21-17-16(11-5-25-28-19(11)9(18(17)23)2-1-3-30)13-7-29-8-14(26-15(29)6-24-13)27-20(31)10-4-12(10)22/h5-8,10,12,30H,3-4H2,(H,25,28)(H,27,31). The number of alkyl halides is 1. The lowest BCUT2D eigenvalue weighted by Gasteiger charge is -2.09. The highest BCUT2D eigenvalue weighted by Crippen LogP contribution is 2.38. The summed E-state index contributed by atoms with van der Waals surface area (Å²) in [7, 11) is 0. The second kappa shape index (κ2) is 7.30. The Hall–Kier alpha value is -3.55. The highest BCUT2D eigenvalue weighted by atomic mass is 35.5. The van der Waals surface area contributed by atoms with Crippen molar-refractivity contribution in [2.75, 3.05) is 11.9 Å². The second-order valence-electron chi connectivity index (χ2n) is 7.01. The summed E-state index contributed by atoms with van der Waals surface area (Å²) in [4.78, 5) is 20.5. The van der Waals surface area contributed by atoms with E-state index in [1.165, 1.54) is 12.4 Å². The lowest BCUT2D eigenvalue weighted by molar-refractivity contribution is -0.117. The van der Waals surface area contributed by atoms with Crippen LogP contribution in [0.3, 0.4) is 0 Å². The lowest BCUT2D eigenvalue weighted by Crippen LogP contribution is -2.15. The zero-order chi connectivity index (χ0) is 21.7. The van der Waals surface area contributed by atoms with Gasteiger partial charge in [-0.25, -0.2) is 13.8 Å². The number of aliphatic hydroxyl groups excluding tert-OH is 1. The van der Waals surface area contributed by atoms with E-state index < -0.39 is 30.4 Å². The van der Waals surface area contributed by atoms with Crippen LogP contribution in [0.2, 0.25) is 5.02 Å². The van der Waals surface area contributed by atoms with Crippen molar-refractivity contribution < 1.29 is 18.7 Å². The van der Waals surface area contributed by atoms with Crippen LogP contribution >= 0.6 is 11.6 Å². The first kappa shape index (κ1) is 19.4. The summed E-state index contributed by atoms with van der Waals surface area (Å²) >= 11 is 6.32. The van der Waals surface area contributed by atoms with Crippen LogP contribution in [0, 0.1) is 23.6 Å². The van der Waals surface area contributed by atoms with E-state index in [1.54, 1.807) is 16.8 Å². The number of hydrogen-bond acceptors (Lipinski definition) is 5. The monoisotopic (exact) mass is 442 g/mol. The topological polar surface area (TPSA) is 108 Å². The second-order valence-corrected chi connectivity index (χ2v) is 7.39. The van der Waals surface area contributed by atoms with Gasteiger partial charge in [-0.3, -0.25) is 14.9 Å². The summed E-state index contributed by atoms with van der Waals surface area (Å²) in [5.41, 5.74) is 1.39. The molecule has 1 saturated carbocycles. The Balaban J connectivity index is 1.58. The molecular weight excluding hydrogens is 430 g/mol. The molecule has 1 aliphatic rings. The Morgan fingerprint density at radius 1 is 1.42 bits per heavy atom. The molecule has 2 unspecified atom stereocenters. The van der Waals surface area contributed by atoms with Crippen molar-refractivity contribution in [3.05, 3.63) is 41.2 Å². The molecule has 2 atom stereocenters. The zero-order valence-corrected chi connectivity index (χ0v) is 16.4. The van der Waals surface area contributed by atoms with E-state index in [-0.39, 0.29) is 22.8 Å². The number of aromatic nitrogens is 5. The number of nitrogens with one attached hydrogen (secondary N) is 2. The van der Waals surface area contributed by atoms with Gasteiger partial charge < -0.3 is 14.8 Å². The maximum absolute atomic E-state index is 15.0. The largest absolute Gasteiger partial charge is 0.384 e. The van der Waals surface area contributed by atoms with Crippen LogP contribution in [0.4, 0.5) is 14.6 Å². The van der Waals surface area contributed by atoms with Gasteiger partial charge in [0.1, 0.15) is 12.8 Å². The molecule has 5 rings (SSSR count). The molecule has 11 heteroatoms. The predicted molar refractivity (Wildman–Crippen MR) is 109 cm³/mol. The Bertz CT molecular complexity index is 1420. The molecule has 0 spiro atoms. The number of halogens is 3. The van der Waals surface area contributed by atoms with Crippen LogP contribution in [0.1, 0.15) is 12.0 Å². The number of aromatic amines is 1. The minimum absolute atomic E-state index is 0.00440. The number of aliphatic hydroxyl groups is 1. The molecule has 0 aliphatic heterocycles. The van der Waals surface area contributed by atoms with Crippen LogP contribution in [-0.4, -0.2) is 48.4 Å². The Morgan fingerprint density at radius 3 is 2.97 bits per heavy atom. The van der Waals surface area contributed by atoms with Crippen LogP contribution in [-0.2, 0) is 4.79 Å². The fraction of sp³-hybridized carbons (Fsp3) is 0.200. The Morgan fingerprint density at radius 2 is 2.23 bits per heavy atom. The minimum Gasteiger partial charge on any atom is -0.384 e. The molecular formula is C20H13ClF2N6O2. The number of hydrogen-bond donors (Lipinski definition) is 3. The molecule has 0 saturated heterocycles. The molecule has 0 bridgehead atoms. The first-order valence-corrected chi connectivity index (χ1v) is 9.59. The number of carbonyl (C=O) groups excluding carboxylic acids is 1. The molecule has 1 aliphatic carbocycles. The third-order valence-electron chi connectivity index (χ3n) is 4.98. The van der Waals surface area contributed by atoms with Crippen LogP contribution in [0.25, 0.3) is 27.8 Å². The number of nitrogens with zero attached hydrogens (tertiary/aromatic N) is 4. The normalized spacial score (nSPS) is 17.5. The first-order valence-electron chi connectivity index (χ1n) is 9.21. The fourth-order valence-corrected chi connectivity index (χ4v) is 3.65. The molecule has 1 amide bonds. The number of benzene rings is 1. The van der Waals surface area contributed by atoms with Gasteiger partial charge in [0.2, 0.25) is 5.91 Å². The molecule has 156 valence electrons. The summed E-state index contributed by atoms with van der Waals surface area (Å²) < 4.78 is 29.6. The quantitative estimate of drug-likeness (QED) is 0.423. The smallest absolute Gasteiger partial charge is 0.231 e. The molecule has 31 heavy (non-hydrogen) atoms. The van der Waals surface area contributed by atoms with Crippen molar-refractivity contribution in [3.8, 4) is 23.1 Å². The van der Waals surface area contributed by atoms with Crippen molar-refractivity contribution in [2.24, 2.45) is 5.92 Å². The number of carbonyl (C=O) groups is 1. The van der Waals surface area contributed by atoms with Gasteiger partial charge in [-0.2, -0.15) is 5.10 Å². The summed E-state index contributed by atoms with van der Waals surface area (Å²) in [5, 5.41) is 18.5. The number of anilines is 1. The number of imidazole rings is 1. The summed E-state index contributed by atoms with van der Waals surface area (Å²) in [6, 6.07) is 0. The average molecular weight is 443 g/mol. The highest BCUT2D eigenvalue weighted by Gasteiger charge is 2.43.